The first-order valence-electron chi connectivity index (χ1n) is 10.2. The predicted molar refractivity (Wildman–Crippen MR) is 126 cm³/mol. The summed E-state index contributed by atoms with van der Waals surface area (Å²) in [5.41, 5.74) is -0.483. The fraction of sp³-hybridized carbons (Fsp3) is 0.0769. The number of halogens is 3. The third-order valence-electron chi connectivity index (χ3n) is 5.44. The number of carbonyl (C=O) groups excluding carboxylic acids is 1. The van der Waals surface area contributed by atoms with E-state index in [-0.39, 0.29) is 16.7 Å². The van der Waals surface area contributed by atoms with E-state index in [2.05, 4.69) is 0 Å². The van der Waals surface area contributed by atoms with E-state index in [0.29, 0.717) is 12.1 Å². The van der Waals surface area contributed by atoms with Crippen LogP contribution in [0.3, 0.4) is 0 Å². The van der Waals surface area contributed by atoms with Gasteiger partial charge in [-0.2, -0.15) is 13.2 Å². The second kappa shape index (κ2) is 8.41. The monoisotopic (exact) mass is 462 g/mol. The van der Waals surface area contributed by atoms with Gasteiger partial charge >= 0.3 is 5.51 Å². The topological polar surface area (TPSA) is 34.9 Å². The van der Waals surface area contributed by atoms with Gasteiger partial charge in [0.1, 0.15) is 12.1 Å². The van der Waals surface area contributed by atoms with Gasteiger partial charge in [0.15, 0.2) is 0 Å². The number of thioether (sulfide) groups is 1. The van der Waals surface area contributed by atoms with Crippen molar-refractivity contribution in [3.8, 4) is 11.4 Å². The van der Waals surface area contributed by atoms with Crippen LogP contribution >= 0.6 is 11.8 Å². The molecule has 4 aromatic carbocycles. The van der Waals surface area contributed by atoms with Gasteiger partial charge in [0.2, 0.25) is 0 Å². The van der Waals surface area contributed by atoms with Crippen LogP contribution in [0.1, 0.15) is 15.9 Å². The van der Waals surface area contributed by atoms with E-state index < -0.39 is 5.51 Å². The molecule has 0 saturated heterocycles. The molecule has 5 aromatic rings. The van der Waals surface area contributed by atoms with Crippen molar-refractivity contribution in [1.29, 1.82) is 0 Å². The molecule has 0 fully saturated rings. The minimum atomic E-state index is -4.32. The molecule has 0 unspecified atom stereocenters. The van der Waals surface area contributed by atoms with Crippen LogP contribution in [0.4, 0.5) is 13.2 Å². The third kappa shape index (κ3) is 4.36. The largest absolute Gasteiger partial charge is 0.446 e. The summed E-state index contributed by atoms with van der Waals surface area (Å²) in [7, 11) is 0. The Morgan fingerprint density at radius 1 is 0.909 bits per heavy atom. The first-order valence-corrected chi connectivity index (χ1v) is 11.0. The van der Waals surface area contributed by atoms with Crippen LogP contribution in [-0.2, 0) is 6.54 Å². The highest BCUT2D eigenvalue weighted by molar-refractivity contribution is 8.00. The average molecular weight is 462 g/mol. The van der Waals surface area contributed by atoms with Crippen molar-refractivity contribution >= 4 is 39.9 Å². The van der Waals surface area contributed by atoms with Gasteiger partial charge in [-0.1, -0.05) is 54.6 Å². The molecule has 0 spiro atoms. The molecule has 0 aliphatic heterocycles. The highest BCUT2D eigenvalue weighted by Crippen LogP contribution is 2.37. The summed E-state index contributed by atoms with van der Waals surface area (Å²) < 4.78 is 40.1. The van der Waals surface area contributed by atoms with E-state index in [9.17, 15) is 18.0 Å². The van der Waals surface area contributed by atoms with Crippen molar-refractivity contribution in [3.05, 3.63) is 96.1 Å². The van der Waals surface area contributed by atoms with Crippen LogP contribution in [0.2, 0.25) is 0 Å². The highest BCUT2D eigenvalue weighted by Gasteiger charge is 2.29. The molecule has 0 bridgehead atoms. The standard InChI is InChI=1S/C26H17F3N2OS/c27-26(28,29)33-20-11-8-17(9-12-20)15-31-24-14-18(16-32)10-13-23(24)30-25(31)22-7-3-5-19-4-1-2-6-21(19)22/h1-14,16H,15H2. The van der Waals surface area contributed by atoms with Gasteiger partial charge in [-0.05, 0) is 58.4 Å². The summed E-state index contributed by atoms with van der Waals surface area (Å²) in [6, 6.07) is 25.7. The Kier molecular flexibility index (Phi) is 5.42. The minimum absolute atomic E-state index is 0.132. The summed E-state index contributed by atoms with van der Waals surface area (Å²) in [5.74, 6) is 0.735. The summed E-state index contributed by atoms with van der Waals surface area (Å²) in [5, 5.41) is 2.12. The highest BCUT2D eigenvalue weighted by atomic mass is 32.2. The van der Waals surface area contributed by atoms with Crippen molar-refractivity contribution in [2.75, 3.05) is 0 Å². The number of nitrogens with zero attached hydrogens (tertiary/aromatic N) is 2. The molecule has 0 saturated carbocycles. The van der Waals surface area contributed by atoms with Gasteiger partial charge in [0, 0.05) is 22.6 Å². The van der Waals surface area contributed by atoms with Crippen molar-refractivity contribution in [1.82, 2.24) is 9.55 Å². The maximum absolute atomic E-state index is 12.7. The van der Waals surface area contributed by atoms with Crippen LogP contribution in [0, 0.1) is 0 Å². The Hall–Kier alpha value is -3.58. The van der Waals surface area contributed by atoms with Crippen molar-refractivity contribution in [3.63, 3.8) is 0 Å². The lowest BCUT2D eigenvalue weighted by Gasteiger charge is -2.12. The lowest BCUT2D eigenvalue weighted by atomic mass is 10.0. The van der Waals surface area contributed by atoms with Gasteiger partial charge in [-0.25, -0.2) is 4.98 Å². The first-order chi connectivity index (χ1) is 15.9. The quantitative estimate of drug-likeness (QED) is 0.203. The van der Waals surface area contributed by atoms with E-state index in [1.165, 1.54) is 12.1 Å². The Balaban J connectivity index is 1.64. The van der Waals surface area contributed by atoms with Gasteiger partial charge in [-0.15, -0.1) is 0 Å². The van der Waals surface area contributed by atoms with Gasteiger partial charge < -0.3 is 4.57 Å². The SMILES string of the molecule is O=Cc1ccc2nc(-c3cccc4ccccc34)n(Cc3ccc(SC(F)(F)F)cc3)c2c1. The number of hydrogen-bond acceptors (Lipinski definition) is 3. The molecular formula is C26H17F3N2OS. The van der Waals surface area contributed by atoms with Crippen LogP contribution in [-0.4, -0.2) is 21.3 Å². The molecule has 33 heavy (non-hydrogen) atoms. The molecule has 0 amide bonds. The normalized spacial score (nSPS) is 11.8. The number of hydrogen-bond donors (Lipinski definition) is 0. The van der Waals surface area contributed by atoms with E-state index in [0.717, 1.165) is 45.0 Å². The summed E-state index contributed by atoms with van der Waals surface area (Å²) in [6.07, 6.45) is 0.789. The molecule has 7 heteroatoms. The maximum atomic E-state index is 12.7. The summed E-state index contributed by atoms with van der Waals surface area (Å²) >= 11 is -0.132. The second-order valence-electron chi connectivity index (χ2n) is 7.61. The van der Waals surface area contributed by atoms with E-state index in [4.69, 9.17) is 4.98 Å². The number of rotatable bonds is 5. The Labute approximate surface area is 191 Å². The van der Waals surface area contributed by atoms with Crippen molar-refractivity contribution in [2.45, 2.75) is 16.9 Å². The van der Waals surface area contributed by atoms with Crippen LogP contribution < -0.4 is 0 Å². The van der Waals surface area contributed by atoms with E-state index >= 15 is 0 Å². The Bertz CT molecular complexity index is 1470. The van der Waals surface area contributed by atoms with Gasteiger partial charge in [0.05, 0.1) is 11.0 Å². The van der Waals surface area contributed by atoms with Crippen molar-refractivity contribution in [2.24, 2.45) is 0 Å². The molecule has 164 valence electrons. The Morgan fingerprint density at radius 3 is 2.42 bits per heavy atom. The number of imidazole rings is 1. The first kappa shape index (κ1) is 21.3. The fourth-order valence-corrected chi connectivity index (χ4v) is 4.52. The number of aldehydes is 1. The molecular weight excluding hydrogens is 445 g/mol. The van der Waals surface area contributed by atoms with Gasteiger partial charge in [-0.3, -0.25) is 4.79 Å². The molecule has 1 heterocycles. The molecule has 0 radical (unpaired) electrons. The Morgan fingerprint density at radius 2 is 1.67 bits per heavy atom. The summed E-state index contributed by atoms with van der Waals surface area (Å²) in [4.78, 5) is 16.4. The average Bonchev–Trinajstić information content (AvgIpc) is 3.16. The number of fused-ring (bicyclic) bond motifs is 2. The molecule has 1 aromatic heterocycles. The van der Waals surface area contributed by atoms with E-state index in [1.54, 1.807) is 24.3 Å². The third-order valence-corrected chi connectivity index (χ3v) is 6.18. The van der Waals surface area contributed by atoms with Crippen molar-refractivity contribution < 1.29 is 18.0 Å². The molecule has 0 N–H and O–H groups in total. The fourth-order valence-electron chi connectivity index (χ4n) is 3.98. The van der Waals surface area contributed by atoms with Crippen LogP contribution in [0.15, 0.2) is 89.8 Å². The number of benzene rings is 4. The number of carbonyl (C=O) groups is 1. The van der Waals surface area contributed by atoms with E-state index in [1.807, 2.05) is 53.1 Å². The zero-order valence-electron chi connectivity index (χ0n) is 17.2. The second-order valence-corrected chi connectivity index (χ2v) is 8.74. The smallest absolute Gasteiger partial charge is 0.319 e. The van der Waals surface area contributed by atoms with Gasteiger partial charge in [0.25, 0.3) is 0 Å². The number of alkyl halides is 3. The number of aromatic nitrogens is 2. The molecule has 0 aliphatic carbocycles. The van der Waals surface area contributed by atoms with Crippen LogP contribution in [0.25, 0.3) is 33.2 Å². The lowest BCUT2D eigenvalue weighted by Crippen LogP contribution is -2.03. The predicted octanol–water partition coefficient (Wildman–Crippen LogP) is 7.33. The molecule has 0 aliphatic rings. The van der Waals surface area contributed by atoms with Crippen LogP contribution in [0.5, 0.6) is 0 Å². The molecule has 5 rings (SSSR count). The zero-order valence-corrected chi connectivity index (χ0v) is 18.0. The summed E-state index contributed by atoms with van der Waals surface area (Å²) in [6.45, 7) is 0.397. The zero-order chi connectivity index (χ0) is 23.0. The minimum Gasteiger partial charge on any atom is -0.319 e. The molecule has 0 atom stereocenters. The lowest BCUT2D eigenvalue weighted by molar-refractivity contribution is -0.0328. The molecule has 3 nitrogen and oxygen atoms in total. The maximum Gasteiger partial charge on any atom is 0.446 e.